The first-order valence-corrected chi connectivity index (χ1v) is 17.4. The molecule has 250 valence electrons. The zero-order valence-electron chi connectivity index (χ0n) is 27.5. The number of carbonyl (C=O) groups is 2. The summed E-state index contributed by atoms with van der Waals surface area (Å²) in [7, 11) is 0. The first-order chi connectivity index (χ1) is 22.4. The summed E-state index contributed by atoms with van der Waals surface area (Å²) < 4.78 is 0. The number of aliphatic hydroxyl groups is 2. The van der Waals surface area contributed by atoms with E-state index in [-0.39, 0.29) is 13.2 Å². The maximum Gasteiger partial charge on any atom is 0.335 e. The molecule has 0 unspecified atom stereocenters. The highest BCUT2D eigenvalue weighted by Gasteiger charge is 2.13. The molecular formula is C40H54O6. The quantitative estimate of drug-likeness (QED) is 0.0739. The lowest BCUT2D eigenvalue weighted by Crippen LogP contribution is -2.05. The smallest absolute Gasteiger partial charge is 0.335 e. The highest BCUT2D eigenvalue weighted by Crippen LogP contribution is 2.26. The lowest BCUT2D eigenvalue weighted by atomic mass is 9.88. The fourth-order valence-corrected chi connectivity index (χ4v) is 6.44. The van der Waals surface area contributed by atoms with Crippen molar-refractivity contribution in [1.29, 1.82) is 0 Å². The van der Waals surface area contributed by atoms with Gasteiger partial charge in [-0.2, -0.15) is 0 Å². The molecule has 0 bridgehead atoms. The van der Waals surface area contributed by atoms with Gasteiger partial charge in [0.05, 0.1) is 11.1 Å². The van der Waals surface area contributed by atoms with Gasteiger partial charge < -0.3 is 20.4 Å². The first-order valence-electron chi connectivity index (χ1n) is 17.4. The average Bonchev–Trinajstić information content (AvgIpc) is 3.06. The Morgan fingerprint density at radius 2 is 0.674 bits per heavy atom. The average molecular weight is 631 g/mol. The van der Waals surface area contributed by atoms with Crippen LogP contribution in [0.3, 0.4) is 0 Å². The van der Waals surface area contributed by atoms with Gasteiger partial charge in [-0.25, -0.2) is 9.59 Å². The molecule has 0 radical (unpaired) electrons. The van der Waals surface area contributed by atoms with E-state index < -0.39 is 11.9 Å². The standard InChI is InChI=1S/C40H54O6/c41-27-15-3-9-23-35-29-33(21-7-1-5-17-31-19-11-13-25-37(31)39(43)44)34(30-36(35)24-10-4-16-28-42)22-8-2-6-18-32-20-12-14-26-38(32)40(45)46/h11-14,19-20,25-26,29-30,41-42H,1-10,15-18,21-24,27-28H2,(H,43,44)(H,45,46). The molecule has 6 nitrogen and oxygen atoms in total. The van der Waals surface area contributed by atoms with Crippen LogP contribution < -0.4 is 0 Å². The van der Waals surface area contributed by atoms with Crippen molar-refractivity contribution in [3.8, 4) is 0 Å². The van der Waals surface area contributed by atoms with E-state index in [2.05, 4.69) is 12.1 Å². The van der Waals surface area contributed by atoms with Crippen molar-refractivity contribution in [3.05, 3.63) is 105 Å². The SMILES string of the molecule is O=C(O)c1ccccc1CCCCCc1cc(CCCCCO)c(CCCCCO)cc1CCCCCc1ccccc1C(=O)O. The summed E-state index contributed by atoms with van der Waals surface area (Å²) in [5.74, 6) is -1.73. The molecule has 0 spiro atoms. The first kappa shape index (κ1) is 37.0. The van der Waals surface area contributed by atoms with Crippen molar-refractivity contribution in [2.45, 2.75) is 116 Å². The van der Waals surface area contributed by atoms with Crippen LogP contribution in [0.1, 0.15) is 131 Å². The number of aryl methyl sites for hydroxylation is 6. The Morgan fingerprint density at radius 1 is 0.391 bits per heavy atom. The van der Waals surface area contributed by atoms with E-state index in [1.165, 1.54) is 22.3 Å². The minimum absolute atomic E-state index is 0.233. The predicted molar refractivity (Wildman–Crippen MR) is 185 cm³/mol. The second-order valence-corrected chi connectivity index (χ2v) is 12.5. The van der Waals surface area contributed by atoms with Crippen LogP contribution in [-0.4, -0.2) is 45.6 Å². The van der Waals surface area contributed by atoms with Gasteiger partial charge in [0.1, 0.15) is 0 Å². The van der Waals surface area contributed by atoms with Crippen molar-refractivity contribution >= 4 is 11.9 Å². The van der Waals surface area contributed by atoms with Crippen molar-refractivity contribution in [3.63, 3.8) is 0 Å². The fraction of sp³-hybridized carbons (Fsp3) is 0.500. The van der Waals surface area contributed by atoms with Crippen LogP contribution in [0.2, 0.25) is 0 Å². The number of hydrogen-bond donors (Lipinski definition) is 4. The van der Waals surface area contributed by atoms with E-state index in [9.17, 15) is 30.0 Å². The Morgan fingerprint density at radius 3 is 0.978 bits per heavy atom. The molecule has 6 heteroatoms. The lowest BCUT2D eigenvalue weighted by Gasteiger charge is -2.18. The van der Waals surface area contributed by atoms with Crippen LogP contribution in [0.4, 0.5) is 0 Å². The Hall–Kier alpha value is -3.48. The van der Waals surface area contributed by atoms with Crippen LogP contribution in [0, 0.1) is 0 Å². The number of hydrogen-bond acceptors (Lipinski definition) is 4. The zero-order valence-corrected chi connectivity index (χ0v) is 27.5. The third kappa shape index (κ3) is 12.7. The molecule has 0 amide bonds. The molecule has 46 heavy (non-hydrogen) atoms. The van der Waals surface area contributed by atoms with Gasteiger partial charge in [-0.15, -0.1) is 0 Å². The van der Waals surface area contributed by atoms with Crippen LogP contribution >= 0.6 is 0 Å². The summed E-state index contributed by atoms with van der Waals surface area (Å²) in [4.78, 5) is 23.2. The molecule has 0 aliphatic carbocycles. The molecule has 0 aliphatic heterocycles. The third-order valence-electron chi connectivity index (χ3n) is 9.01. The van der Waals surface area contributed by atoms with E-state index in [0.717, 1.165) is 127 Å². The molecule has 0 aliphatic rings. The second kappa shape index (κ2) is 21.3. The third-order valence-corrected chi connectivity index (χ3v) is 9.01. The number of aromatic carboxylic acids is 2. The minimum Gasteiger partial charge on any atom is -0.478 e. The number of carboxylic acids is 2. The van der Waals surface area contributed by atoms with Crippen LogP contribution in [-0.2, 0) is 38.5 Å². The van der Waals surface area contributed by atoms with E-state index in [1.54, 1.807) is 24.3 Å². The largest absolute Gasteiger partial charge is 0.478 e. The molecule has 3 aromatic rings. The van der Waals surface area contributed by atoms with Crippen LogP contribution in [0.25, 0.3) is 0 Å². The van der Waals surface area contributed by atoms with Crippen LogP contribution in [0.5, 0.6) is 0 Å². The summed E-state index contributed by atoms with van der Waals surface area (Å²) in [6.45, 7) is 0.466. The normalized spacial score (nSPS) is 11.2. The molecule has 0 saturated heterocycles. The molecule has 0 aromatic heterocycles. The predicted octanol–water partition coefficient (Wildman–Crippen LogP) is 8.40. The molecule has 0 heterocycles. The van der Waals surface area contributed by atoms with E-state index >= 15 is 0 Å². The van der Waals surface area contributed by atoms with Crippen LogP contribution in [0.15, 0.2) is 60.7 Å². The molecule has 4 N–H and O–H groups in total. The van der Waals surface area contributed by atoms with E-state index in [0.29, 0.717) is 11.1 Å². The summed E-state index contributed by atoms with van der Waals surface area (Å²) in [6, 6.07) is 19.5. The van der Waals surface area contributed by atoms with Gasteiger partial charge >= 0.3 is 11.9 Å². The number of rotatable bonds is 24. The number of aliphatic hydroxyl groups excluding tert-OH is 2. The molecule has 3 aromatic carbocycles. The molecule has 0 atom stereocenters. The van der Waals surface area contributed by atoms with Gasteiger partial charge in [0.2, 0.25) is 0 Å². The fourth-order valence-electron chi connectivity index (χ4n) is 6.44. The van der Waals surface area contributed by atoms with Crippen molar-refractivity contribution in [2.75, 3.05) is 13.2 Å². The zero-order chi connectivity index (χ0) is 33.0. The molecular weight excluding hydrogens is 576 g/mol. The van der Waals surface area contributed by atoms with E-state index in [4.69, 9.17) is 0 Å². The molecule has 0 saturated carbocycles. The number of benzene rings is 3. The summed E-state index contributed by atoms with van der Waals surface area (Å²) in [5, 5.41) is 37.6. The highest BCUT2D eigenvalue weighted by molar-refractivity contribution is 5.89. The van der Waals surface area contributed by atoms with Gasteiger partial charge in [0.25, 0.3) is 0 Å². The topological polar surface area (TPSA) is 115 Å². The monoisotopic (exact) mass is 630 g/mol. The van der Waals surface area contributed by atoms with Gasteiger partial charge in [0, 0.05) is 13.2 Å². The van der Waals surface area contributed by atoms with Crippen molar-refractivity contribution < 1.29 is 30.0 Å². The van der Waals surface area contributed by atoms with Gasteiger partial charge in [-0.3, -0.25) is 0 Å². The van der Waals surface area contributed by atoms with Gasteiger partial charge in [0.15, 0.2) is 0 Å². The Bertz CT molecular complexity index is 1240. The second-order valence-electron chi connectivity index (χ2n) is 12.5. The van der Waals surface area contributed by atoms with Gasteiger partial charge in [-0.1, -0.05) is 74.2 Å². The lowest BCUT2D eigenvalue weighted by molar-refractivity contribution is 0.0684. The summed E-state index contributed by atoms with van der Waals surface area (Å²) >= 11 is 0. The number of carboxylic acid groups (broad SMARTS) is 2. The van der Waals surface area contributed by atoms with Gasteiger partial charge in [-0.05, 0) is 135 Å². The van der Waals surface area contributed by atoms with Crippen molar-refractivity contribution in [2.24, 2.45) is 0 Å². The molecule has 0 fully saturated rings. The highest BCUT2D eigenvalue weighted by atomic mass is 16.4. The summed E-state index contributed by atoms with van der Waals surface area (Å²) in [6.07, 6.45) is 17.4. The minimum atomic E-state index is -0.866. The Labute approximate surface area is 275 Å². The Kier molecular flexibility index (Phi) is 17.2. The number of unbranched alkanes of at least 4 members (excludes halogenated alkanes) is 8. The maximum absolute atomic E-state index is 11.6. The van der Waals surface area contributed by atoms with Crippen molar-refractivity contribution in [1.82, 2.24) is 0 Å². The molecule has 3 rings (SSSR count). The maximum atomic E-state index is 11.6. The summed E-state index contributed by atoms with van der Waals surface area (Å²) in [5.41, 5.74) is 8.27. The van der Waals surface area contributed by atoms with E-state index in [1.807, 2.05) is 24.3 Å². The Balaban J connectivity index is 1.68.